The molecule has 9 heteroatoms. The number of quaternary nitrogens is 1. The van der Waals surface area contributed by atoms with Gasteiger partial charge in [-0.05, 0) is 38.5 Å². The van der Waals surface area contributed by atoms with Gasteiger partial charge in [0.15, 0.2) is 0 Å². The molecule has 0 rings (SSSR count). The van der Waals surface area contributed by atoms with Crippen molar-refractivity contribution in [2.45, 2.75) is 309 Å². The van der Waals surface area contributed by atoms with Crippen LogP contribution in [-0.2, 0) is 18.4 Å². The molecule has 0 fully saturated rings. The lowest BCUT2D eigenvalue weighted by Crippen LogP contribution is -2.46. The van der Waals surface area contributed by atoms with Crippen LogP contribution in [0.3, 0.4) is 0 Å². The van der Waals surface area contributed by atoms with Gasteiger partial charge in [0.2, 0.25) is 5.91 Å². The molecule has 0 spiro atoms. The van der Waals surface area contributed by atoms with Crippen molar-refractivity contribution in [1.29, 1.82) is 0 Å². The number of carbonyl (C=O) groups excluding carboxylic acids is 1. The van der Waals surface area contributed by atoms with Crippen molar-refractivity contribution in [3.63, 3.8) is 0 Å². The van der Waals surface area contributed by atoms with Gasteiger partial charge in [-0.25, -0.2) is 4.57 Å². The maximum atomic E-state index is 13.0. The van der Waals surface area contributed by atoms with Gasteiger partial charge in [-0.1, -0.05) is 264 Å². The molecule has 1 amide bonds. The van der Waals surface area contributed by atoms with Gasteiger partial charge < -0.3 is 19.8 Å². The van der Waals surface area contributed by atoms with Crippen LogP contribution in [0.25, 0.3) is 0 Å². The highest BCUT2D eigenvalue weighted by Gasteiger charge is 2.28. The van der Waals surface area contributed by atoms with Crippen LogP contribution in [0.2, 0.25) is 0 Å². The highest BCUT2D eigenvalue weighted by Crippen LogP contribution is 2.43. The largest absolute Gasteiger partial charge is 0.472 e. The van der Waals surface area contributed by atoms with Crippen LogP contribution in [0.4, 0.5) is 0 Å². The number of nitrogens with one attached hydrogen (secondary N) is 1. The van der Waals surface area contributed by atoms with E-state index < -0.39 is 20.0 Å². The summed E-state index contributed by atoms with van der Waals surface area (Å²) >= 11 is 0. The maximum absolute atomic E-state index is 13.0. The molecular formula is C57H116N2O6P+. The second-order valence-corrected chi connectivity index (χ2v) is 22.8. The first kappa shape index (κ1) is 65.2. The van der Waals surface area contributed by atoms with E-state index in [1.165, 1.54) is 231 Å². The molecule has 0 aromatic rings. The van der Waals surface area contributed by atoms with Crippen molar-refractivity contribution in [2.75, 3.05) is 40.9 Å². The standard InChI is InChI=1S/C57H115N2O6P/c1-6-8-10-12-14-16-18-20-22-24-26-27-28-29-30-31-33-34-36-38-40-42-44-46-48-50-56(60)55(54-65-66(62,63)64-53-52-59(3,4)5)58-57(61)51-49-47-45-43-41-39-37-35-32-25-23-21-19-17-15-13-11-9-7-2/h25,32,55-56,60H,6-24,26-31,33-54H2,1-5H3,(H-,58,61,62,63)/p+1/b32-25-. The van der Waals surface area contributed by atoms with E-state index in [-0.39, 0.29) is 19.1 Å². The molecule has 3 atom stereocenters. The minimum atomic E-state index is -4.32. The number of phosphoric acid groups is 1. The average Bonchev–Trinajstić information content (AvgIpc) is 3.28. The number of phosphoric ester groups is 1. The van der Waals surface area contributed by atoms with Gasteiger partial charge in [0, 0.05) is 6.42 Å². The third kappa shape index (κ3) is 51.1. The fourth-order valence-electron chi connectivity index (χ4n) is 8.93. The Hall–Kier alpha value is -0.760. The highest BCUT2D eigenvalue weighted by molar-refractivity contribution is 7.47. The third-order valence-electron chi connectivity index (χ3n) is 13.5. The molecule has 3 N–H and O–H groups in total. The van der Waals surface area contributed by atoms with E-state index in [1.54, 1.807) is 0 Å². The van der Waals surface area contributed by atoms with Crippen LogP contribution >= 0.6 is 7.82 Å². The molecule has 0 bridgehead atoms. The molecule has 394 valence electrons. The van der Waals surface area contributed by atoms with Gasteiger partial charge in [0.1, 0.15) is 13.2 Å². The zero-order valence-electron chi connectivity index (χ0n) is 45.0. The summed E-state index contributed by atoms with van der Waals surface area (Å²) in [5.41, 5.74) is 0. The van der Waals surface area contributed by atoms with Crippen LogP contribution in [0.5, 0.6) is 0 Å². The fourth-order valence-corrected chi connectivity index (χ4v) is 9.66. The number of aliphatic hydroxyl groups excluding tert-OH is 1. The Bertz CT molecular complexity index is 1080. The smallest absolute Gasteiger partial charge is 0.391 e. The summed E-state index contributed by atoms with van der Waals surface area (Å²) in [6, 6.07) is -0.760. The Morgan fingerprint density at radius 1 is 0.500 bits per heavy atom. The molecule has 8 nitrogen and oxygen atoms in total. The molecule has 0 aromatic heterocycles. The molecule has 0 saturated heterocycles. The minimum Gasteiger partial charge on any atom is -0.391 e. The van der Waals surface area contributed by atoms with E-state index in [9.17, 15) is 19.4 Å². The normalized spacial score (nSPS) is 14.0. The second-order valence-electron chi connectivity index (χ2n) is 21.4. The number of carbonyl (C=O) groups is 1. The monoisotopic (exact) mass is 956 g/mol. The number of aliphatic hydroxyl groups is 1. The number of likely N-dealkylation sites (N-methyl/N-ethyl adjacent to an activating group) is 1. The molecule has 0 aromatic carbocycles. The van der Waals surface area contributed by atoms with E-state index in [0.717, 1.165) is 38.5 Å². The van der Waals surface area contributed by atoms with Crippen LogP contribution in [-0.4, -0.2) is 73.4 Å². The first-order valence-corrected chi connectivity index (χ1v) is 30.5. The van der Waals surface area contributed by atoms with Crippen molar-refractivity contribution in [2.24, 2.45) is 0 Å². The van der Waals surface area contributed by atoms with Gasteiger partial charge in [0.25, 0.3) is 0 Å². The summed E-state index contributed by atoms with van der Waals surface area (Å²) in [6.45, 7) is 4.93. The maximum Gasteiger partial charge on any atom is 0.472 e. The predicted octanol–water partition coefficient (Wildman–Crippen LogP) is 17.4. The van der Waals surface area contributed by atoms with Gasteiger partial charge in [-0.2, -0.15) is 0 Å². The van der Waals surface area contributed by atoms with Crippen molar-refractivity contribution < 1.29 is 32.9 Å². The lowest BCUT2D eigenvalue weighted by molar-refractivity contribution is -0.870. The molecular weight excluding hydrogens is 840 g/mol. The van der Waals surface area contributed by atoms with Crippen molar-refractivity contribution >= 4 is 13.7 Å². The van der Waals surface area contributed by atoms with Crippen LogP contribution in [0, 0.1) is 0 Å². The lowest BCUT2D eigenvalue weighted by atomic mass is 10.0. The minimum absolute atomic E-state index is 0.0763. The van der Waals surface area contributed by atoms with Crippen LogP contribution in [0.1, 0.15) is 296 Å². The Balaban J connectivity index is 4.14. The molecule has 0 aliphatic heterocycles. The van der Waals surface area contributed by atoms with Gasteiger partial charge in [-0.15, -0.1) is 0 Å². The average molecular weight is 957 g/mol. The molecule has 0 aliphatic rings. The van der Waals surface area contributed by atoms with Gasteiger partial charge in [-0.3, -0.25) is 13.8 Å². The van der Waals surface area contributed by atoms with E-state index in [1.807, 2.05) is 21.1 Å². The first-order valence-electron chi connectivity index (χ1n) is 29.1. The fraction of sp³-hybridized carbons (Fsp3) is 0.947. The van der Waals surface area contributed by atoms with Gasteiger partial charge in [0.05, 0.1) is 39.9 Å². The quantitative estimate of drug-likeness (QED) is 0.0243. The Morgan fingerprint density at radius 2 is 0.818 bits per heavy atom. The van der Waals surface area contributed by atoms with Crippen molar-refractivity contribution in [3.8, 4) is 0 Å². The first-order chi connectivity index (χ1) is 32.0. The summed E-state index contributed by atoms with van der Waals surface area (Å²) in [5.74, 6) is -0.144. The summed E-state index contributed by atoms with van der Waals surface area (Å²) in [6.07, 6.45) is 59.8. The predicted molar refractivity (Wildman–Crippen MR) is 286 cm³/mol. The van der Waals surface area contributed by atoms with E-state index in [4.69, 9.17) is 9.05 Å². The van der Waals surface area contributed by atoms with Crippen molar-refractivity contribution in [1.82, 2.24) is 5.32 Å². The molecule has 0 heterocycles. The van der Waals surface area contributed by atoms with Crippen LogP contribution in [0.15, 0.2) is 12.2 Å². The highest BCUT2D eigenvalue weighted by atomic mass is 31.2. The number of hydrogen-bond donors (Lipinski definition) is 3. The summed E-state index contributed by atoms with van der Waals surface area (Å²) in [5, 5.41) is 14.1. The third-order valence-corrected chi connectivity index (χ3v) is 14.5. The van der Waals surface area contributed by atoms with E-state index >= 15 is 0 Å². The Labute approximate surface area is 412 Å². The van der Waals surface area contributed by atoms with E-state index in [0.29, 0.717) is 23.9 Å². The Morgan fingerprint density at radius 3 is 1.17 bits per heavy atom. The lowest BCUT2D eigenvalue weighted by Gasteiger charge is -2.26. The molecule has 0 aliphatic carbocycles. The molecule has 3 unspecified atom stereocenters. The topological polar surface area (TPSA) is 105 Å². The summed E-state index contributed by atoms with van der Waals surface area (Å²) < 4.78 is 23.8. The zero-order chi connectivity index (χ0) is 48.5. The van der Waals surface area contributed by atoms with Crippen LogP contribution < -0.4 is 5.32 Å². The Kier molecular flexibility index (Phi) is 48.7. The number of hydrogen-bond acceptors (Lipinski definition) is 5. The van der Waals surface area contributed by atoms with Gasteiger partial charge >= 0.3 is 7.82 Å². The molecule has 0 saturated carbocycles. The van der Waals surface area contributed by atoms with Crippen molar-refractivity contribution in [3.05, 3.63) is 12.2 Å². The summed E-state index contributed by atoms with van der Waals surface area (Å²) in [4.78, 5) is 23.3. The summed E-state index contributed by atoms with van der Waals surface area (Å²) in [7, 11) is 1.63. The zero-order valence-corrected chi connectivity index (χ0v) is 45.9. The number of allylic oxidation sites excluding steroid dienone is 2. The van der Waals surface area contributed by atoms with E-state index in [2.05, 4.69) is 31.3 Å². The molecule has 66 heavy (non-hydrogen) atoms. The number of rotatable bonds is 54. The molecule has 0 radical (unpaired) electrons. The number of nitrogens with zero attached hydrogens (tertiary/aromatic N) is 1. The second kappa shape index (κ2) is 49.2. The number of unbranched alkanes of at least 4 members (excludes halogenated alkanes) is 39. The number of amides is 1. The SMILES string of the molecule is CCCCCCCCCC/C=C\CCCCCCCCCC(=O)NC(COP(=O)(O)OCC[N+](C)(C)C)C(O)CCCCCCCCCCCCCCCCCCCCCCCCCCC.